The first kappa shape index (κ1) is 16.5. The van der Waals surface area contributed by atoms with Gasteiger partial charge in [0.2, 0.25) is 0 Å². The van der Waals surface area contributed by atoms with Crippen LogP contribution in [0, 0.1) is 12.1 Å². The number of aryl methyl sites for hydroxylation is 1. The van der Waals surface area contributed by atoms with Crippen LogP contribution in [-0.2, 0) is 7.05 Å². The van der Waals surface area contributed by atoms with Crippen LogP contribution in [-0.4, -0.2) is 9.55 Å². The van der Waals surface area contributed by atoms with Crippen LogP contribution in [0.2, 0.25) is 0 Å². The number of fused-ring (bicyclic) bond motifs is 1. The number of benzene rings is 4. The number of hydrogen-bond acceptors (Lipinski definition) is 1. The van der Waals surface area contributed by atoms with Crippen LogP contribution in [0.25, 0.3) is 44.7 Å². The van der Waals surface area contributed by atoms with E-state index in [4.69, 9.17) is 4.98 Å². The van der Waals surface area contributed by atoms with E-state index in [1.54, 1.807) is 0 Å². The van der Waals surface area contributed by atoms with Crippen molar-refractivity contribution in [3.05, 3.63) is 103 Å². The Morgan fingerprint density at radius 2 is 1.25 bits per heavy atom. The molecule has 2 heteroatoms. The summed E-state index contributed by atoms with van der Waals surface area (Å²) in [6, 6.07) is 37.2. The number of para-hydroxylation sites is 2. The number of imidazole rings is 1. The Balaban J connectivity index is 1.87. The van der Waals surface area contributed by atoms with Gasteiger partial charge in [0.05, 0.1) is 11.0 Å². The number of nitrogens with zero attached hydrogens (tertiary/aromatic N) is 2. The molecule has 0 aliphatic rings. The molecule has 4 aromatic carbocycles. The third-order valence-corrected chi connectivity index (χ3v) is 5.13. The van der Waals surface area contributed by atoms with Crippen molar-refractivity contribution in [2.75, 3.05) is 0 Å². The summed E-state index contributed by atoms with van der Waals surface area (Å²) in [6.45, 7) is 0. The number of rotatable bonds is 3. The van der Waals surface area contributed by atoms with Crippen LogP contribution in [0.4, 0.5) is 0 Å². The van der Waals surface area contributed by atoms with Crippen LogP contribution in [0.15, 0.2) is 91.0 Å². The fourth-order valence-electron chi connectivity index (χ4n) is 3.78. The normalized spacial score (nSPS) is 11.0. The first-order valence-electron chi connectivity index (χ1n) is 9.31. The maximum Gasteiger partial charge on any atom is 0.142 e. The maximum absolute atomic E-state index is 5.00. The van der Waals surface area contributed by atoms with Crippen LogP contribution >= 0.6 is 0 Å². The molecule has 0 bridgehead atoms. The summed E-state index contributed by atoms with van der Waals surface area (Å²) in [4.78, 5) is 5.00. The highest BCUT2D eigenvalue weighted by molar-refractivity contribution is 5.95. The Labute approximate surface area is 164 Å². The Morgan fingerprint density at radius 1 is 0.679 bits per heavy atom. The zero-order valence-electron chi connectivity index (χ0n) is 15.6. The number of aromatic nitrogens is 2. The second-order valence-electron chi connectivity index (χ2n) is 6.79. The largest absolute Gasteiger partial charge is 0.327 e. The molecular formula is C26H18N2. The van der Waals surface area contributed by atoms with Crippen molar-refractivity contribution in [2.24, 2.45) is 7.05 Å². The molecule has 0 atom stereocenters. The monoisotopic (exact) mass is 358 g/mol. The van der Waals surface area contributed by atoms with Crippen molar-refractivity contribution >= 4 is 11.0 Å². The SMILES string of the molecule is Cn1c(-c2c(-c3cc[c]cc3)cccc2-c2cc[c]cc2)nc2ccccc21. The third kappa shape index (κ3) is 2.71. The molecule has 0 unspecified atom stereocenters. The molecule has 5 aromatic rings. The molecule has 0 saturated heterocycles. The first-order valence-corrected chi connectivity index (χ1v) is 9.31. The van der Waals surface area contributed by atoms with E-state index in [0.29, 0.717) is 0 Å². The van der Waals surface area contributed by atoms with Gasteiger partial charge >= 0.3 is 0 Å². The number of hydrogen-bond donors (Lipinski definition) is 0. The van der Waals surface area contributed by atoms with Gasteiger partial charge in [-0.2, -0.15) is 0 Å². The second-order valence-corrected chi connectivity index (χ2v) is 6.79. The molecule has 0 aliphatic heterocycles. The maximum atomic E-state index is 5.00. The van der Waals surface area contributed by atoms with Crippen LogP contribution in [0.1, 0.15) is 0 Å². The van der Waals surface area contributed by atoms with Gasteiger partial charge in [0.25, 0.3) is 0 Å². The molecule has 0 saturated carbocycles. The van der Waals surface area contributed by atoms with Gasteiger partial charge in [0.1, 0.15) is 5.82 Å². The van der Waals surface area contributed by atoms with E-state index >= 15 is 0 Å². The summed E-state index contributed by atoms with van der Waals surface area (Å²) in [5, 5.41) is 0. The van der Waals surface area contributed by atoms with E-state index < -0.39 is 0 Å². The molecule has 1 heterocycles. The van der Waals surface area contributed by atoms with Gasteiger partial charge in [0, 0.05) is 12.6 Å². The fraction of sp³-hybridized carbons (Fsp3) is 0.0385. The predicted molar refractivity (Wildman–Crippen MR) is 115 cm³/mol. The Morgan fingerprint density at radius 3 is 1.82 bits per heavy atom. The highest BCUT2D eigenvalue weighted by Crippen LogP contribution is 2.40. The van der Waals surface area contributed by atoms with Crippen molar-refractivity contribution in [1.29, 1.82) is 0 Å². The smallest absolute Gasteiger partial charge is 0.142 e. The Bertz CT molecular complexity index is 1190. The molecule has 2 nitrogen and oxygen atoms in total. The van der Waals surface area contributed by atoms with Gasteiger partial charge in [-0.3, -0.25) is 0 Å². The molecule has 28 heavy (non-hydrogen) atoms. The lowest BCUT2D eigenvalue weighted by molar-refractivity contribution is 0.960. The molecule has 2 radical (unpaired) electrons. The van der Waals surface area contributed by atoms with Crippen molar-refractivity contribution in [2.45, 2.75) is 0 Å². The summed E-state index contributed by atoms with van der Waals surface area (Å²) in [7, 11) is 2.09. The summed E-state index contributed by atoms with van der Waals surface area (Å²) < 4.78 is 2.18. The van der Waals surface area contributed by atoms with E-state index in [1.807, 2.05) is 30.3 Å². The standard InChI is InChI=1S/C26H18N2/c1-28-24-18-9-8-17-23(24)27-26(28)25-21(19-11-4-2-5-12-19)15-10-16-22(25)20-13-6-3-7-14-20/h4-18H,1H3. The second kappa shape index (κ2) is 6.82. The van der Waals surface area contributed by atoms with Crippen molar-refractivity contribution < 1.29 is 0 Å². The van der Waals surface area contributed by atoms with Crippen LogP contribution in [0.5, 0.6) is 0 Å². The Hall–Kier alpha value is -3.65. The van der Waals surface area contributed by atoms with Crippen LogP contribution < -0.4 is 0 Å². The summed E-state index contributed by atoms with van der Waals surface area (Å²) in [5.74, 6) is 0.965. The lowest BCUT2D eigenvalue weighted by Crippen LogP contribution is -1.97. The predicted octanol–water partition coefficient (Wildman–Crippen LogP) is 6.17. The van der Waals surface area contributed by atoms with E-state index in [2.05, 4.69) is 84.4 Å². The molecular weight excluding hydrogens is 340 g/mol. The lowest BCUT2D eigenvalue weighted by atomic mass is 9.91. The zero-order chi connectivity index (χ0) is 18.9. The highest BCUT2D eigenvalue weighted by atomic mass is 15.1. The molecule has 132 valence electrons. The molecule has 5 rings (SSSR count). The Kier molecular flexibility index (Phi) is 4.02. The van der Waals surface area contributed by atoms with Crippen molar-refractivity contribution in [3.8, 4) is 33.6 Å². The van der Waals surface area contributed by atoms with Gasteiger partial charge in [-0.1, -0.05) is 78.9 Å². The van der Waals surface area contributed by atoms with E-state index in [9.17, 15) is 0 Å². The molecule has 0 spiro atoms. The average Bonchev–Trinajstić information content (AvgIpc) is 3.11. The molecule has 0 N–H and O–H groups in total. The van der Waals surface area contributed by atoms with Gasteiger partial charge in [-0.15, -0.1) is 0 Å². The van der Waals surface area contributed by atoms with Crippen molar-refractivity contribution in [3.63, 3.8) is 0 Å². The summed E-state index contributed by atoms with van der Waals surface area (Å²) in [6.07, 6.45) is 0. The molecule has 0 fully saturated rings. The lowest BCUT2D eigenvalue weighted by Gasteiger charge is -2.15. The van der Waals surface area contributed by atoms with Gasteiger partial charge in [-0.05, 0) is 46.5 Å². The summed E-state index contributed by atoms with van der Waals surface area (Å²) >= 11 is 0. The molecule has 0 aliphatic carbocycles. The van der Waals surface area contributed by atoms with E-state index in [0.717, 1.165) is 44.7 Å². The highest BCUT2D eigenvalue weighted by Gasteiger charge is 2.19. The third-order valence-electron chi connectivity index (χ3n) is 5.13. The average molecular weight is 358 g/mol. The van der Waals surface area contributed by atoms with Gasteiger partial charge in [-0.25, -0.2) is 4.98 Å². The van der Waals surface area contributed by atoms with Crippen molar-refractivity contribution in [1.82, 2.24) is 9.55 Å². The minimum absolute atomic E-state index is 0.965. The molecule has 0 amide bonds. The van der Waals surface area contributed by atoms with E-state index in [1.165, 1.54) is 0 Å². The quantitative estimate of drug-likeness (QED) is 0.377. The minimum atomic E-state index is 0.965. The van der Waals surface area contributed by atoms with Gasteiger partial charge < -0.3 is 4.57 Å². The van der Waals surface area contributed by atoms with E-state index in [-0.39, 0.29) is 0 Å². The first-order chi connectivity index (χ1) is 13.8. The molecule has 1 aromatic heterocycles. The zero-order valence-corrected chi connectivity index (χ0v) is 15.6. The fourth-order valence-corrected chi connectivity index (χ4v) is 3.78. The summed E-state index contributed by atoms with van der Waals surface area (Å²) in [5.41, 5.74) is 7.91. The minimum Gasteiger partial charge on any atom is -0.327 e. The topological polar surface area (TPSA) is 17.8 Å². The van der Waals surface area contributed by atoms with Crippen LogP contribution in [0.3, 0.4) is 0 Å². The van der Waals surface area contributed by atoms with Gasteiger partial charge in [0.15, 0.2) is 0 Å².